The predicted molar refractivity (Wildman–Crippen MR) is 175 cm³/mol. The summed E-state index contributed by atoms with van der Waals surface area (Å²) in [4.78, 5) is 63.1. The Balaban J connectivity index is 1.08. The van der Waals surface area contributed by atoms with E-state index in [-0.39, 0.29) is 29.5 Å². The van der Waals surface area contributed by atoms with Crippen molar-refractivity contribution < 1.29 is 19.2 Å². The Morgan fingerprint density at radius 2 is 1.07 bits per heavy atom. The van der Waals surface area contributed by atoms with Crippen molar-refractivity contribution in [3.63, 3.8) is 0 Å². The molecule has 0 radical (unpaired) electrons. The van der Waals surface area contributed by atoms with Gasteiger partial charge < -0.3 is 9.80 Å². The Morgan fingerprint density at radius 1 is 0.522 bits per heavy atom. The predicted octanol–water partition coefficient (Wildman–Crippen LogP) is 4.68. The highest BCUT2D eigenvalue weighted by Gasteiger charge is 2.47. The second-order valence-corrected chi connectivity index (χ2v) is 13.8. The molecule has 8 nitrogen and oxygen atoms in total. The molecule has 0 bridgehead atoms. The van der Waals surface area contributed by atoms with Crippen LogP contribution in [0.15, 0.2) is 65.3 Å². The van der Waals surface area contributed by atoms with Crippen LogP contribution in [-0.4, -0.2) is 95.6 Å². The maximum Gasteiger partial charge on any atom is 0.261 e. The first kappa shape index (κ1) is 28.1. The van der Waals surface area contributed by atoms with Crippen LogP contribution >= 0.6 is 0 Å². The molecule has 9 rings (SSSR count). The van der Waals surface area contributed by atoms with E-state index in [1.807, 2.05) is 42.5 Å². The van der Waals surface area contributed by atoms with Gasteiger partial charge in [0.1, 0.15) is 0 Å². The summed E-state index contributed by atoms with van der Waals surface area (Å²) in [6.45, 7) is 6.29. The largest absolute Gasteiger partial charge is 0.302 e. The number of imide groups is 2. The van der Waals surface area contributed by atoms with Crippen LogP contribution in [0, 0.1) is 5.92 Å². The molecule has 8 heteroatoms. The Labute approximate surface area is 268 Å². The lowest BCUT2D eigenvalue weighted by Crippen LogP contribution is -2.50. The average molecular weight is 615 g/mol. The molecule has 3 aliphatic carbocycles. The number of amides is 4. The van der Waals surface area contributed by atoms with E-state index in [0.717, 1.165) is 77.6 Å². The van der Waals surface area contributed by atoms with Crippen LogP contribution in [0.3, 0.4) is 0 Å². The molecule has 0 N–H and O–H groups in total. The minimum Gasteiger partial charge on any atom is -0.302 e. The smallest absolute Gasteiger partial charge is 0.261 e. The number of fused-ring (bicyclic) bond motifs is 2. The molecule has 4 aliphatic heterocycles. The van der Waals surface area contributed by atoms with Gasteiger partial charge in [0.15, 0.2) is 0 Å². The van der Waals surface area contributed by atoms with Crippen molar-refractivity contribution in [2.75, 3.05) is 52.4 Å². The van der Waals surface area contributed by atoms with Gasteiger partial charge in [-0.1, -0.05) is 49.3 Å². The normalized spacial score (nSPS) is 25.7. The topological polar surface area (TPSA) is 81.2 Å². The SMILES string of the molecule is O=C1C2=C3C4=C(C=CC3C(=O)N1CCN1CCCCC1)c1ccc3c5c(ccc(c15)C4C=C2)C(=O)N(CCN1CCCCC1)C3=O. The molecule has 2 unspecified atom stereocenters. The lowest BCUT2D eigenvalue weighted by Gasteiger charge is -2.42. The molecule has 2 fully saturated rings. The number of carbonyl (C=O) groups is 4. The van der Waals surface area contributed by atoms with Crippen LogP contribution in [0.5, 0.6) is 0 Å². The lowest BCUT2D eigenvalue weighted by molar-refractivity contribution is -0.145. The maximum atomic E-state index is 13.9. The molecule has 4 amide bonds. The van der Waals surface area contributed by atoms with Crippen LogP contribution < -0.4 is 0 Å². The van der Waals surface area contributed by atoms with Gasteiger partial charge in [0.2, 0.25) is 5.91 Å². The Hall–Kier alpha value is -4.14. The van der Waals surface area contributed by atoms with Gasteiger partial charge in [-0.3, -0.25) is 29.0 Å². The van der Waals surface area contributed by atoms with Crippen LogP contribution in [0.2, 0.25) is 0 Å². The number of nitrogens with zero attached hydrogens (tertiary/aromatic N) is 4. The van der Waals surface area contributed by atoms with Crippen molar-refractivity contribution >= 4 is 40.0 Å². The monoisotopic (exact) mass is 614 g/mol. The van der Waals surface area contributed by atoms with Crippen LogP contribution in [-0.2, 0) is 9.59 Å². The van der Waals surface area contributed by atoms with Gasteiger partial charge in [-0.15, -0.1) is 0 Å². The molecule has 7 aliphatic rings. The Bertz CT molecular complexity index is 1850. The molecule has 4 heterocycles. The molecule has 2 aromatic carbocycles. The molecule has 46 heavy (non-hydrogen) atoms. The van der Waals surface area contributed by atoms with E-state index in [2.05, 4.69) is 15.9 Å². The molecule has 0 spiro atoms. The molecule has 0 saturated carbocycles. The van der Waals surface area contributed by atoms with E-state index in [1.165, 1.54) is 35.5 Å². The van der Waals surface area contributed by atoms with Gasteiger partial charge in [0.25, 0.3) is 17.7 Å². The number of likely N-dealkylation sites (tertiary alicyclic amines) is 2. The third-order valence-corrected chi connectivity index (χ3v) is 11.4. The van der Waals surface area contributed by atoms with Crippen molar-refractivity contribution in [2.24, 2.45) is 5.92 Å². The van der Waals surface area contributed by atoms with E-state index in [4.69, 9.17) is 0 Å². The molecule has 0 aromatic heterocycles. The zero-order valence-electron chi connectivity index (χ0n) is 26.1. The zero-order chi connectivity index (χ0) is 31.1. The fraction of sp³-hybridized carbons (Fsp3) is 0.421. The lowest BCUT2D eigenvalue weighted by atomic mass is 9.64. The summed E-state index contributed by atoms with van der Waals surface area (Å²) in [6.07, 6.45) is 15.1. The van der Waals surface area contributed by atoms with Gasteiger partial charge in [-0.25, -0.2) is 0 Å². The first-order valence-corrected chi connectivity index (χ1v) is 17.1. The van der Waals surface area contributed by atoms with Gasteiger partial charge in [0, 0.05) is 54.2 Å². The molecule has 2 atom stereocenters. The van der Waals surface area contributed by atoms with Gasteiger partial charge in [0.05, 0.1) is 5.92 Å². The first-order valence-electron chi connectivity index (χ1n) is 17.1. The summed E-state index contributed by atoms with van der Waals surface area (Å²) >= 11 is 0. The van der Waals surface area contributed by atoms with Crippen LogP contribution in [0.4, 0.5) is 0 Å². The fourth-order valence-corrected chi connectivity index (χ4v) is 9.03. The van der Waals surface area contributed by atoms with Crippen LogP contribution in [0.1, 0.15) is 76.3 Å². The summed E-state index contributed by atoms with van der Waals surface area (Å²) in [5.74, 6) is -1.47. The van der Waals surface area contributed by atoms with Gasteiger partial charge in [-0.2, -0.15) is 0 Å². The molecule has 2 saturated heterocycles. The summed E-state index contributed by atoms with van der Waals surface area (Å²) in [7, 11) is 0. The minimum atomic E-state index is -0.494. The van der Waals surface area contributed by atoms with E-state index in [9.17, 15) is 19.2 Å². The first-order chi connectivity index (χ1) is 22.5. The highest BCUT2D eigenvalue weighted by atomic mass is 16.2. The highest BCUT2D eigenvalue weighted by Crippen LogP contribution is 2.55. The fourth-order valence-electron chi connectivity index (χ4n) is 9.03. The third-order valence-electron chi connectivity index (χ3n) is 11.4. The summed E-state index contributed by atoms with van der Waals surface area (Å²) in [6, 6.07) is 7.78. The Kier molecular flexibility index (Phi) is 6.54. The Morgan fingerprint density at radius 3 is 1.74 bits per heavy atom. The number of benzene rings is 2. The van der Waals surface area contributed by atoms with Gasteiger partial charge >= 0.3 is 0 Å². The molecular formula is C38H38N4O4. The molecular weight excluding hydrogens is 576 g/mol. The van der Waals surface area contributed by atoms with Crippen molar-refractivity contribution in [3.8, 4) is 0 Å². The second-order valence-electron chi connectivity index (χ2n) is 13.8. The highest BCUT2D eigenvalue weighted by molar-refractivity contribution is 6.28. The van der Waals surface area contributed by atoms with Gasteiger partial charge in [-0.05, 0) is 97.2 Å². The average Bonchev–Trinajstić information content (AvgIpc) is 3.09. The van der Waals surface area contributed by atoms with Crippen molar-refractivity contribution in [3.05, 3.63) is 87.5 Å². The van der Waals surface area contributed by atoms with E-state index < -0.39 is 5.92 Å². The number of rotatable bonds is 6. The van der Waals surface area contributed by atoms with Crippen LogP contribution in [0.25, 0.3) is 16.3 Å². The number of piperidine rings is 2. The summed E-state index contributed by atoms with van der Waals surface area (Å²) in [5.41, 5.74) is 6.53. The van der Waals surface area contributed by atoms with E-state index in [1.54, 1.807) is 0 Å². The summed E-state index contributed by atoms with van der Waals surface area (Å²) in [5, 5.41) is 1.67. The number of carbonyl (C=O) groups excluding carboxylic acids is 4. The summed E-state index contributed by atoms with van der Waals surface area (Å²) < 4.78 is 0. The van der Waals surface area contributed by atoms with Crippen molar-refractivity contribution in [2.45, 2.75) is 44.4 Å². The number of hydrogen-bond acceptors (Lipinski definition) is 6. The minimum absolute atomic E-state index is 0.144. The molecule has 2 aromatic rings. The van der Waals surface area contributed by atoms with Crippen molar-refractivity contribution in [1.29, 1.82) is 0 Å². The zero-order valence-corrected chi connectivity index (χ0v) is 26.1. The molecule has 234 valence electrons. The number of hydrogen-bond donors (Lipinski definition) is 0. The number of allylic oxidation sites excluding steroid dienone is 4. The maximum absolute atomic E-state index is 13.9. The second kappa shape index (κ2) is 10.7. The van der Waals surface area contributed by atoms with E-state index >= 15 is 0 Å². The third kappa shape index (κ3) is 4.05. The quantitative estimate of drug-likeness (QED) is 0.440. The standard InChI is InChI=1S/C38H38N4O4/c43-35-27-11-7-23-25-9-13-29-34-30(38(46)42(37(29)45)22-20-40-17-5-2-6-18-40)14-10-26(32(25)34)24-8-12-28(33(27)31(23)24)36(44)41(35)21-19-39-15-3-1-4-16-39/h7-14,23,28H,1-6,15-22H2. The van der Waals surface area contributed by atoms with Crippen molar-refractivity contribution in [1.82, 2.24) is 19.6 Å². The van der Waals surface area contributed by atoms with E-state index in [0.29, 0.717) is 42.9 Å².